The molecule has 2 aromatic carbocycles. The zero-order valence-electron chi connectivity index (χ0n) is 15.3. The van der Waals surface area contributed by atoms with E-state index in [4.69, 9.17) is 4.74 Å². The summed E-state index contributed by atoms with van der Waals surface area (Å²) in [6.07, 6.45) is 0. The standard InChI is InChI=1S/C20H23N3O3S/c1-26-19-9-7-18(8-10-19)20(15-21)22-11-13-23(14-12-22)27(24,25)16-17-5-3-2-4-6-17/h2-10,20H,11-14,16H2,1H3. The zero-order chi connectivity index (χ0) is 19.3. The molecule has 7 heteroatoms. The van der Waals surface area contributed by atoms with Crippen LogP contribution in [0.4, 0.5) is 0 Å². The minimum absolute atomic E-state index is 0.00793. The number of sulfonamides is 1. The maximum absolute atomic E-state index is 12.7. The number of nitrogens with zero attached hydrogens (tertiary/aromatic N) is 3. The first-order valence-electron chi connectivity index (χ1n) is 8.83. The van der Waals surface area contributed by atoms with Gasteiger partial charge in [0.1, 0.15) is 11.8 Å². The van der Waals surface area contributed by atoms with Crippen molar-refractivity contribution < 1.29 is 13.2 Å². The first-order valence-corrected chi connectivity index (χ1v) is 10.4. The van der Waals surface area contributed by atoms with Crippen LogP contribution in [0.15, 0.2) is 54.6 Å². The number of piperazine rings is 1. The fourth-order valence-corrected chi connectivity index (χ4v) is 4.79. The highest BCUT2D eigenvalue weighted by atomic mass is 32.2. The summed E-state index contributed by atoms with van der Waals surface area (Å²) in [6.45, 7) is 1.84. The van der Waals surface area contributed by atoms with Crippen molar-refractivity contribution in [3.8, 4) is 11.8 Å². The van der Waals surface area contributed by atoms with Crippen molar-refractivity contribution in [3.63, 3.8) is 0 Å². The molecular weight excluding hydrogens is 362 g/mol. The molecule has 1 unspecified atom stereocenters. The summed E-state index contributed by atoms with van der Waals surface area (Å²) >= 11 is 0. The molecule has 2 aromatic rings. The summed E-state index contributed by atoms with van der Waals surface area (Å²) in [4.78, 5) is 2.02. The molecule has 0 N–H and O–H groups in total. The SMILES string of the molecule is COc1ccc(C(C#N)N2CCN(S(=O)(=O)Cc3ccccc3)CC2)cc1. The third-order valence-corrected chi connectivity index (χ3v) is 6.63. The van der Waals surface area contributed by atoms with E-state index in [1.807, 2.05) is 59.5 Å². The fraction of sp³-hybridized carbons (Fsp3) is 0.350. The summed E-state index contributed by atoms with van der Waals surface area (Å²) in [7, 11) is -1.76. The molecule has 0 amide bonds. The number of nitriles is 1. The lowest BCUT2D eigenvalue weighted by atomic mass is 10.1. The Morgan fingerprint density at radius 2 is 1.67 bits per heavy atom. The molecule has 3 rings (SSSR count). The van der Waals surface area contributed by atoms with Gasteiger partial charge >= 0.3 is 0 Å². The van der Waals surface area contributed by atoms with Crippen LogP contribution in [-0.4, -0.2) is 50.9 Å². The van der Waals surface area contributed by atoms with Gasteiger partial charge in [0.25, 0.3) is 0 Å². The van der Waals surface area contributed by atoms with Gasteiger partial charge in [-0.2, -0.15) is 9.57 Å². The maximum atomic E-state index is 12.7. The van der Waals surface area contributed by atoms with E-state index in [9.17, 15) is 13.7 Å². The topological polar surface area (TPSA) is 73.6 Å². The smallest absolute Gasteiger partial charge is 0.218 e. The molecule has 0 radical (unpaired) electrons. The van der Waals surface area contributed by atoms with Crippen LogP contribution in [0.3, 0.4) is 0 Å². The van der Waals surface area contributed by atoms with E-state index in [1.54, 1.807) is 7.11 Å². The van der Waals surface area contributed by atoms with Gasteiger partial charge in [0.05, 0.1) is 18.9 Å². The van der Waals surface area contributed by atoms with Crippen molar-refractivity contribution >= 4 is 10.0 Å². The van der Waals surface area contributed by atoms with Crippen molar-refractivity contribution in [2.45, 2.75) is 11.8 Å². The quantitative estimate of drug-likeness (QED) is 0.763. The lowest BCUT2D eigenvalue weighted by molar-refractivity contribution is 0.162. The molecule has 27 heavy (non-hydrogen) atoms. The third kappa shape index (κ3) is 4.66. The molecule has 1 aliphatic rings. The second-order valence-electron chi connectivity index (χ2n) is 6.48. The maximum Gasteiger partial charge on any atom is 0.218 e. The Hall–Kier alpha value is -2.40. The average molecular weight is 385 g/mol. The molecule has 0 aliphatic carbocycles. The monoisotopic (exact) mass is 385 g/mol. The number of hydrogen-bond donors (Lipinski definition) is 0. The molecular formula is C20H23N3O3S. The summed E-state index contributed by atoms with van der Waals surface area (Å²) in [5.41, 5.74) is 1.67. The predicted octanol–water partition coefficient (Wildman–Crippen LogP) is 2.41. The highest BCUT2D eigenvalue weighted by Crippen LogP contribution is 2.24. The molecule has 0 saturated carbocycles. The summed E-state index contributed by atoms with van der Waals surface area (Å²) < 4.78 is 32.0. The molecule has 142 valence electrons. The number of rotatable bonds is 6. The van der Waals surface area contributed by atoms with Crippen molar-refractivity contribution in [3.05, 3.63) is 65.7 Å². The number of hydrogen-bond acceptors (Lipinski definition) is 5. The highest BCUT2D eigenvalue weighted by Gasteiger charge is 2.30. The van der Waals surface area contributed by atoms with E-state index < -0.39 is 16.1 Å². The van der Waals surface area contributed by atoms with Crippen LogP contribution in [0.5, 0.6) is 5.75 Å². The molecule has 1 aliphatic heterocycles. The molecule has 1 heterocycles. The van der Waals surface area contributed by atoms with Crippen molar-refractivity contribution in [1.29, 1.82) is 5.26 Å². The van der Waals surface area contributed by atoms with Gasteiger partial charge in [-0.05, 0) is 23.3 Å². The van der Waals surface area contributed by atoms with Gasteiger partial charge < -0.3 is 4.74 Å². The predicted molar refractivity (Wildman–Crippen MR) is 104 cm³/mol. The lowest BCUT2D eigenvalue weighted by Crippen LogP contribution is -2.49. The Bertz CT molecular complexity index is 884. The van der Waals surface area contributed by atoms with E-state index in [0.29, 0.717) is 26.2 Å². The fourth-order valence-electron chi connectivity index (χ4n) is 3.27. The van der Waals surface area contributed by atoms with Gasteiger partial charge in [0.15, 0.2) is 0 Å². The van der Waals surface area contributed by atoms with Crippen LogP contribution < -0.4 is 4.74 Å². The highest BCUT2D eigenvalue weighted by molar-refractivity contribution is 7.88. The van der Waals surface area contributed by atoms with Crippen molar-refractivity contribution in [2.75, 3.05) is 33.3 Å². The molecule has 6 nitrogen and oxygen atoms in total. The first-order chi connectivity index (χ1) is 13.0. The normalized spacial score (nSPS) is 17.2. The Morgan fingerprint density at radius 1 is 1.04 bits per heavy atom. The van der Waals surface area contributed by atoms with Crippen LogP contribution in [0.2, 0.25) is 0 Å². The van der Waals surface area contributed by atoms with Gasteiger partial charge in [-0.15, -0.1) is 0 Å². The molecule has 1 atom stereocenters. The minimum Gasteiger partial charge on any atom is -0.497 e. The largest absolute Gasteiger partial charge is 0.497 e. The van der Waals surface area contributed by atoms with Crippen LogP contribution in [-0.2, 0) is 15.8 Å². The van der Waals surface area contributed by atoms with Crippen LogP contribution in [0.1, 0.15) is 17.2 Å². The van der Waals surface area contributed by atoms with Gasteiger partial charge in [-0.3, -0.25) is 4.90 Å². The van der Waals surface area contributed by atoms with Gasteiger partial charge in [0, 0.05) is 26.2 Å². The van der Waals surface area contributed by atoms with Gasteiger partial charge in [-0.25, -0.2) is 8.42 Å². The number of methoxy groups -OCH3 is 1. The summed E-state index contributed by atoms with van der Waals surface area (Å²) in [6, 6.07) is 18.6. The molecule has 1 saturated heterocycles. The summed E-state index contributed by atoms with van der Waals surface area (Å²) in [5, 5.41) is 9.62. The Labute approximate surface area is 160 Å². The molecule has 0 spiro atoms. The van der Waals surface area contributed by atoms with Crippen LogP contribution >= 0.6 is 0 Å². The van der Waals surface area contributed by atoms with E-state index in [-0.39, 0.29) is 5.75 Å². The van der Waals surface area contributed by atoms with Crippen molar-refractivity contribution in [2.24, 2.45) is 0 Å². The second-order valence-corrected chi connectivity index (χ2v) is 8.45. The molecule has 0 aromatic heterocycles. The van der Waals surface area contributed by atoms with Crippen LogP contribution in [0, 0.1) is 11.3 Å². The average Bonchev–Trinajstić information content (AvgIpc) is 2.70. The Kier molecular flexibility index (Phi) is 6.11. The van der Waals surface area contributed by atoms with Gasteiger partial charge in [0.2, 0.25) is 10.0 Å². The molecule has 1 fully saturated rings. The Balaban J connectivity index is 1.64. The van der Waals surface area contributed by atoms with Gasteiger partial charge in [-0.1, -0.05) is 42.5 Å². The lowest BCUT2D eigenvalue weighted by Gasteiger charge is -2.36. The van der Waals surface area contributed by atoms with E-state index >= 15 is 0 Å². The Morgan fingerprint density at radius 3 is 2.22 bits per heavy atom. The van der Waals surface area contributed by atoms with Crippen LogP contribution in [0.25, 0.3) is 0 Å². The number of ether oxygens (including phenoxy) is 1. The van der Waals surface area contributed by atoms with E-state index in [1.165, 1.54) is 4.31 Å². The molecule has 0 bridgehead atoms. The summed E-state index contributed by atoms with van der Waals surface area (Å²) in [5.74, 6) is 0.751. The number of benzene rings is 2. The minimum atomic E-state index is -3.36. The van der Waals surface area contributed by atoms with E-state index in [0.717, 1.165) is 16.9 Å². The third-order valence-electron chi connectivity index (χ3n) is 4.78. The zero-order valence-corrected chi connectivity index (χ0v) is 16.1. The second kappa shape index (κ2) is 8.53. The van der Waals surface area contributed by atoms with E-state index in [2.05, 4.69) is 6.07 Å². The first kappa shape index (κ1) is 19.4. The van der Waals surface area contributed by atoms with Crippen molar-refractivity contribution in [1.82, 2.24) is 9.21 Å².